The molecule has 0 radical (unpaired) electrons. The van der Waals surface area contributed by atoms with E-state index in [9.17, 15) is 14.7 Å². The number of allylic oxidation sites excluding steroid dienone is 22. The van der Waals surface area contributed by atoms with E-state index in [2.05, 4.69) is 131 Å². The van der Waals surface area contributed by atoms with Crippen LogP contribution < -0.4 is 0 Å². The summed E-state index contributed by atoms with van der Waals surface area (Å²) in [7, 11) is 1.36. The van der Waals surface area contributed by atoms with Crippen molar-refractivity contribution in [2.45, 2.75) is 212 Å². The summed E-state index contributed by atoms with van der Waals surface area (Å²) in [5.41, 5.74) is 15.5. The maximum absolute atomic E-state index is 12.9. The Labute approximate surface area is 393 Å². The van der Waals surface area contributed by atoms with Gasteiger partial charge >= 0.3 is 0 Å². The Balaban J connectivity index is 2.30. The van der Waals surface area contributed by atoms with Crippen molar-refractivity contribution in [1.29, 1.82) is 0 Å². The van der Waals surface area contributed by atoms with Crippen LogP contribution in [0.1, 0.15) is 212 Å². The molecule has 0 aliphatic heterocycles. The van der Waals surface area contributed by atoms with Crippen LogP contribution in [0.5, 0.6) is 0 Å². The highest BCUT2D eigenvalue weighted by atomic mass is 16.5. The lowest BCUT2D eigenvalue weighted by atomic mass is 9.87. The van der Waals surface area contributed by atoms with Crippen LogP contribution in [0.3, 0.4) is 0 Å². The Morgan fingerprint density at radius 2 is 0.656 bits per heavy atom. The molecule has 0 aromatic rings. The molecular formula is C60H92O4. The SMILES string of the molecule is CC/C(C)=C/CC/C(C)=C/CC/C(C)=C/CC/C(C)=C/CC/C(C)=C/CC/C(C)=C/CC/C(C)=C/CC/C(C)=C/CC/C(C)=C/CC/C(C)=C/CC1=C(C)C(=O)C(CO)=C(OC)C1=O. The van der Waals surface area contributed by atoms with E-state index in [0.29, 0.717) is 17.6 Å². The topological polar surface area (TPSA) is 63.6 Å². The monoisotopic (exact) mass is 877 g/mol. The van der Waals surface area contributed by atoms with Crippen molar-refractivity contribution >= 4 is 11.6 Å². The van der Waals surface area contributed by atoms with Gasteiger partial charge in [-0.05, 0) is 205 Å². The van der Waals surface area contributed by atoms with E-state index in [1.165, 1.54) is 88.5 Å². The van der Waals surface area contributed by atoms with Gasteiger partial charge in [-0.3, -0.25) is 9.59 Å². The van der Waals surface area contributed by atoms with Gasteiger partial charge in [0.2, 0.25) is 5.78 Å². The number of Topliss-reactive ketones (excluding diaryl/α,β-unsaturated/α-hetero) is 2. The van der Waals surface area contributed by atoms with Crippen LogP contribution in [0, 0.1) is 0 Å². The molecule has 356 valence electrons. The Morgan fingerprint density at radius 3 is 0.891 bits per heavy atom. The first kappa shape index (κ1) is 58.0. The molecule has 0 spiro atoms. The van der Waals surface area contributed by atoms with Crippen molar-refractivity contribution in [3.63, 3.8) is 0 Å². The quantitative estimate of drug-likeness (QED) is 0.0540. The van der Waals surface area contributed by atoms with Crippen molar-refractivity contribution in [2.75, 3.05) is 13.7 Å². The van der Waals surface area contributed by atoms with E-state index in [0.717, 1.165) is 96.3 Å². The fourth-order valence-electron chi connectivity index (χ4n) is 7.77. The van der Waals surface area contributed by atoms with Crippen LogP contribution in [0.4, 0.5) is 0 Å². The van der Waals surface area contributed by atoms with Crippen molar-refractivity contribution in [3.05, 3.63) is 139 Å². The number of ketones is 2. The largest absolute Gasteiger partial charge is 0.492 e. The van der Waals surface area contributed by atoms with Crippen molar-refractivity contribution in [1.82, 2.24) is 0 Å². The van der Waals surface area contributed by atoms with E-state index >= 15 is 0 Å². The number of carbonyl (C=O) groups excluding carboxylic acids is 2. The molecule has 1 aliphatic carbocycles. The molecule has 0 heterocycles. The van der Waals surface area contributed by atoms with Crippen LogP contribution >= 0.6 is 0 Å². The second-order valence-corrected chi connectivity index (χ2v) is 18.8. The van der Waals surface area contributed by atoms with Crippen LogP contribution in [0.25, 0.3) is 0 Å². The van der Waals surface area contributed by atoms with E-state index in [-0.39, 0.29) is 22.9 Å². The lowest BCUT2D eigenvalue weighted by molar-refractivity contribution is -0.119. The van der Waals surface area contributed by atoms with Crippen LogP contribution in [0.15, 0.2) is 139 Å². The predicted molar refractivity (Wildman–Crippen MR) is 279 cm³/mol. The molecule has 0 unspecified atom stereocenters. The first-order valence-corrected chi connectivity index (χ1v) is 24.8. The molecule has 4 heteroatoms. The minimum atomic E-state index is -0.502. The van der Waals surface area contributed by atoms with Crippen LogP contribution in [-0.2, 0) is 14.3 Å². The number of rotatable bonds is 32. The van der Waals surface area contributed by atoms with Gasteiger partial charge in [0.15, 0.2) is 11.5 Å². The molecule has 0 bridgehead atoms. The molecule has 0 aromatic heterocycles. The molecule has 0 saturated carbocycles. The van der Waals surface area contributed by atoms with E-state index in [1.807, 2.05) is 6.08 Å². The van der Waals surface area contributed by atoms with Gasteiger partial charge in [-0.1, -0.05) is 123 Å². The third-order valence-electron chi connectivity index (χ3n) is 12.7. The van der Waals surface area contributed by atoms with Gasteiger partial charge in [0, 0.05) is 11.1 Å². The number of aliphatic hydroxyl groups is 1. The fraction of sp³-hybridized carbons (Fsp3) is 0.567. The average molecular weight is 877 g/mol. The molecule has 4 nitrogen and oxygen atoms in total. The van der Waals surface area contributed by atoms with Gasteiger partial charge in [0.25, 0.3) is 0 Å². The third-order valence-corrected chi connectivity index (χ3v) is 12.7. The Morgan fingerprint density at radius 1 is 0.406 bits per heavy atom. The summed E-state index contributed by atoms with van der Waals surface area (Å²) in [5, 5.41) is 9.55. The number of hydrogen-bond acceptors (Lipinski definition) is 4. The Bertz CT molecular complexity index is 1870. The number of ether oxygens (including phenoxy) is 1. The standard InChI is InChI=1S/C60H92O4/c1-14-45(2)24-15-25-46(3)26-16-27-47(4)28-17-29-48(5)30-18-31-49(6)32-19-33-50(7)34-20-35-51(8)36-21-37-52(9)38-22-39-53(10)40-23-41-54(11)42-43-56-55(12)58(62)57(44-61)60(64-13)59(56)63/h24,26,28,30,32,34,36,38,40,42,61H,14-23,25,27,29,31,33,35,37,39,41,43-44H2,1-13H3/b45-24+,46-26+,47-28+,48-30+,49-32+,50-34+,51-36+,52-38+,53-40+,54-42+. The van der Waals surface area contributed by atoms with Crippen LogP contribution in [-0.4, -0.2) is 30.4 Å². The number of carbonyl (C=O) groups is 2. The Kier molecular flexibility index (Phi) is 31.1. The van der Waals surface area contributed by atoms with Gasteiger partial charge in [-0.25, -0.2) is 0 Å². The lowest BCUT2D eigenvalue weighted by Gasteiger charge is -2.19. The fourth-order valence-corrected chi connectivity index (χ4v) is 7.77. The van der Waals surface area contributed by atoms with Gasteiger partial charge in [-0.15, -0.1) is 0 Å². The molecular weight excluding hydrogens is 785 g/mol. The molecule has 0 atom stereocenters. The van der Waals surface area contributed by atoms with Gasteiger partial charge in [0.05, 0.1) is 19.3 Å². The summed E-state index contributed by atoms with van der Waals surface area (Å²) in [6.45, 7) is 25.9. The van der Waals surface area contributed by atoms with Crippen molar-refractivity contribution in [3.8, 4) is 0 Å². The van der Waals surface area contributed by atoms with Gasteiger partial charge in [0.1, 0.15) is 0 Å². The molecule has 1 aliphatic rings. The van der Waals surface area contributed by atoms with Crippen molar-refractivity contribution < 1.29 is 19.4 Å². The highest BCUT2D eigenvalue weighted by molar-refractivity contribution is 6.24. The maximum Gasteiger partial charge on any atom is 0.224 e. The zero-order chi connectivity index (χ0) is 47.9. The maximum atomic E-state index is 12.9. The first-order chi connectivity index (χ1) is 30.5. The van der Waals surface area contributed by atoms with E-state index in [4.69, 9.17) is 4.74 Å². The smallest absolute Gasteiger partial charge is 0.224 e. The van der Waals surface area contributed by atoms with E-state index in [1.54, 1.807) is 6.92 Å². The summed E-state index contributed by atoms with van der Waals surface area (Å²) in [6, 6.07) is 0. The second kappa shape index (κ2) is 34.3. The molecule has 64 heavy (non-hydrogen) atoms. The number of hydrogen-bond donors (Lipinski definition) is 1. The molecule has 1 rings (SSSR count). The minimum absolute atomic E-state index is 0.0343. The zero-order valence-electron chi connectivity index (χ0n) is 43.3. The molecule has 0 saturated heterocycles. The van der Waals surface area contributed by atoms with E-state index < -0.39 is 6.61 Å². The Hall–Kier alpha value is -4.02. The summed E-state index contributed by atoms with van der Waals surface area (Å²) in [4.78, 5) is 25.5. The van der Waals surface area contributed by atoms with Crippen LogP contribution in [0.2, 0.25) is 0 Å². The summed E-state index contributed by atoms with van der Waals surface area (Å²) < 4.78 is 5.17. The molecule has 0 fully saturated rings. The average Bonchev–Trinajstić information content (AvgIpc) is 3.24. The minimum Gasteiger partial charge on any atom is -0.492 e. The molecule has 0 aromatic carbocycles. The predicted octanol–water partition coefficient (Wildman–Crippen LogP) is 17.6. The summed E-state index contributed by atoms with van der Waals surface area (Å²) in [5.74, 6) is -0.650. The number of aliphatic hydroxyl groups excluding tert-OH is 1. The normalized spacial score (nSPS) is 16.3. The third kappa shape index (κ3) is 26.1. The van der Waals surface area contributed by atoms with Gasteiger partial charge in [-0.2, -0.15) is 0 Å². The first-order valence-electron chi connectivity index (χ1n) is 24.8. The number of methoxy groups -OCH3 is 1. The lowest BCUT2D eigenvalue weighted by Crippen LogP contribution is -2.25. The summed E-state index contributed by atoms with van der Waals surface area (Å²) in [6.07, 6.45) is 45.4. The summed E-state index contributed by atoms with van der Waals surface area (Å²) >= 11 is 0. The molecule has 0 amide bonds. The van der Waals surface area contributed by atoms with Gasteiger partial charge < -0.3 is 9.84 Å². The second-order valence-electron chi connectivity index (χ2n) is 18.8. The highest BCUT2D eigenvalue weighted by Crippen LogP contribution is 2.28. The molecule has 1 N–H and O–H groups in total. The zero-order valence-corrected chi connectivity index (χ0v) is 43.3. The van der Waals surface area contributed by atoms with Crippen molar-refractivity contribution in [2.24, 2.45) is 0 Å². The highest BCUT2D eigenvalue weighted by Gasteiger charge is 2.32.